The van der Waals surface area contributed by atoms with Gasteiger partial charge in [0.05, 0.1) is 15.8 Å². The quantitative estimate of drug-likeness (QED) is 0.691. The first-order valence-corrected chi connectivity index (χ1v) is 10.1. The predicted molar refractivity (Wildman–Crippen MR) is 103 cm³/mol. The highest BCUT2D eigenvalue weighted by Crippen LogP contribution is 2.37. The SMILES string of the molecule is CC/C(=C1/C(=O)N(c2nc3ccccc3s2)N=C1C(F)(F)F)N1CCCCC1. The number of halogens is 3. The average Bonchev–Trinajstić information content (AvgIpc) is 3.25. The first-order valence-electron chi connectivity index (χ1n) is 9.24. The second-order valence-electron chi connectivity index (χ2n) is 6.75. The fourth-order valence-corrected chi connectivity index (χ4v) is 4.58. The highest BCUT2D eigenvalue weighted by Gasteiger charge is 2.49. The van der Waals surface area contributed by atoms with Crippen molar-refractivity contribution in [3.05, 3.63) is 35.5 Å². The normalized spacial score (nSPS) is 20.1. The lowest BCUT2D eigenvalue weighted by Gasteiger charge is -2.32. The third-order valence-corrected chi connectivity index (χ3v) is 5.95. The number of nitrogens with zero attached hydrogens (tertiary/aromatic N) is 4. The molecule has 0 saturated carbocycles. The van der Waals surface area contributed by atoms with E-state index >= 15 is 0 Å². The summed E-state index contributed by atoms with van der Waals surface area (Å²) in [5.74, 6) is -0.756. The van der Waals surface area contributed by atoms with Crippen molar-refractivity contribution in [3.8, 4) is 0 Å². The average molecular weight is 408 g/mol. The van der Waals surface area contributed by atoms with E-state index in [2.05, 4.69) is 10.1 Å². The molecule has 9 heteroatoms. The minimum atomic E-state index is -4.72. The zero-order valence-corrected chi connectivity index (χ0v) is 16.1. The molecule has 148 valence electrons. The zero-order chi connectivity index (χ0) is 19.9. The lowest BCUT2D eigenvalue weighted by atomic mass is 10.0. The lowest BCUT2D eigenvalue weighted by Crippen LogP contribution is -2.35. The van der Waals surface area contributed by atoms with Crippen LogP contribution >= 0.6 is 11.3 Å². The molecule has 0 N–H and O–H groups in total. The molecule has 0 radical (unpaired) electrons. The summed E-state index contributed by atoms with van der Waals surface area (Å²) in [6.07, 6.45) is -1.51. The zero-order valence-electron chi connectivity index (χ0n) is 15.3. The molecule has 0 unspecified atom stereocenters. The Bertz CT molecular complexity index is 940. The number of carbonyl (C=O) groups is 1. The van der Waals surface area contributed by atoms with E-state index in [0.29, 0.717) is 30.7 Å². The number of likely N-dealkylation sites (tertiary alicyclic amines) is 1. The number of carbonyl (C=O) groups excluding carboxylic acids is 1. The van der Waals surface area contributed by atoms with Crippen LogP contribution in [0, 0.1) is 0 Å². The van der Waals surface area contributed by atoms with Gasteiger partial charge >= 0.3 is 6.18 Å². The number of rotatable bonds is 3. The summed E-state index contributed by atoms with van der Waals surface area (Å²) in [5, 5.41) is 4.65. The van der Waals surface area contributed by atoms with Gasteiger partial charge in [0.25, 0.3) is 5.91 Å². The molecular formula is C19H19F3N4OS. The summed E-state index contributed by atoms with van der Waals surface area (Å²) in [7, 11) is 0. The first-order chi connectivity index (χ1) is 13.4. The van der Waals surface area contributed by atoms with Gasteiger partial charge in [0.2, 0.25) is 5.13 Å². The second-order valence-corrected chi connectivity index (χ2v) is 7.76. The Morgan fingerprint density at radius 3 is 2.54 bits per heavy atom. The van der Waals surface area contributed by atoms with Gasteiger partial charge in [0.15, 0.2) is 5.71 Å². The van der Waals surface area contributed by atoms with Gasteiger partial charge in [-0.15, -0.1) is 0 Å². The van der Waals surface area contributed by atoms with E-state index in [0.717, 1.165) is 40.3 Å². The predicted octanol–water partition coefficient (Wildman–Crippen LogP) is 4.71. The maximum absolute atomic E-state index is 13.8. The van der Waals surface area contributed by atoms with Crippen LogP contribution in [0.3, 0.4) is 0 Å². The Hall–Kier alpha value is -2.42. The van der Waals surface area contributed by atoms with Crippen LogP contribution in [0.4, 0.5) is 18.3 Å². The third-order valence-electron chi connectivity index (χ3n) is 4.94. The third kappa shape index (κ3) is 3.28. The number of amides is 1. The number of allylic oxidation sites excluding steroid dienone is 1. The Balaban J connectivity index is 1.81. The van der Waals surface area contributed by atoms with Gasteiger partial charge in [0.1, 0.15) is 0 Å². The van der Waals surface area contributed by atoms with Gasteiger partial charge in [-0.05, 0) is 37.8 Å². The molecule has 0 atom stereocenters. The molecule has 0 aliphatic carbocycles. The number of para-hydroxylation sites is 1. The van der Waals surface area contributed by atoms with Crippen molar-refractivity contribution in [1.29, 1.82) is 0 Å². The molecule has 1 fully saturated rings. The fourth-order valence-electron chi connectivity index (χ4n) is 3.66. The number of alkyl halides is 3. The van der Waals surface area contributed by atoms with E-state index in [-0.39, 0.29) is 10.7 Å². The van der Waals surface area contributed by atoms with Crippen molar-refractivity contribution >= 4 is 38.3 Å². The molecule has 1 aromatic heterocycles. The smallest absolute Gasteiger partial charge is 0.374 e. The molecule has 1 saturated heterocycles. The van der Waals surface area contributed by atoms with E-state index in [1.54, 1.807) is 19.1 Å². The number of hydrogen-bond donors (Lipinski definition) is 0. The molecular weight excluding hydrogens is 389 g/mol. The van der Waals surface area contributed by atoms with E-state index in [1.807, 2.05) is 17.0 Å². The highest BCUT2D eigenvalue weighted by atomic mass is 32.1. The van der Waals surface area contributed by atoms with E-state index in [9.17, 15) is 18.0 Å². The second kappa shape index (κ2) is 7.20. The van der Waals surface area contributed by atoms with Crippen molar-refractivity contribution in [2.24, 2.45) is 5.10 Å². The minimum absolute atomic E-state index is 0.150. The van der Waals surface area contributed by atoms with Gasteiger partial charge < -0.3 is 4.90 Å². The number of fused-ring (bicyclic) bond motifs is 1. The molecule has 2 aromatic rings. The maximum Gasteiger partial charge on any atom is 0.436 e. The first kappa shape index (κ1) is 18.9. The van der Waals surface area contributed by atoms with Gasteiger partial charge in [-0.1, -0.05) is 30.4 Å². The number of thiazole rings is 1. The number of anilines is 1. The highest BCUT2D eigenvalue weighted by molar-refractivity contribution is 7.22. The molecule has 28 heavy (non-hydrogen) atoms. The Morgan fingerprint density at radius 2 is 1.89 bits per heavy atom. The van der Waals surface area contributed by atoms with Crippen LogP contribution in [0.15, 0.2) is 40.6 Å². The largest absolute Gasteiger partial charge is 0.436 e. The van der Waals surface area contributed by atoms with Crippen LogP contribution in [-0.2, 0) is 4.79 Å². The Morgan fingerprint density at radius 1 is 1.18 bits per heavy atom. The van der Waals surface area contributed by atoms with Crippen molar-refractivity contribution in [2.75, 3.05) is 18.1 Å². The maximum atomic E-state index is 13.8. The summed E-state index contributed by atoms with van der Waals surface area (Å²) in [5.41, 5.74) is -0.414. The molecule has 1 amide bonds. The van der Waals surface area contributed by atoms with Crippen LogP contribution < -0.4 is 5.01 Å². The van der Waals surface area contributed by atoms with Gasteiger partial charge in [0, 0.05) is 18.8 Å². The number of piperidine rings is 1. The lowest BCUT2D eigenvalue weighted by molar-refractivity contribution is -0.114. The van der Waals surface area contributed by atoms with Crippen LogP contribution in [0.2, 0.25) is 0 Å². The molecule has 5 nitrogen and oxygen atoms in total. The summed E-state index contributed by atoms with van der Waals surface area (Å²) < 4.78 is 42.1. The van der Waals surface area contributed by atoms with Gasteiger partial charge in [-0.3, -0.25) is 4.79 Å². The molecule has 2 aliphatic heterocycles. The van der Waals surface area contributed by atoms with E-state index < -0.39 is 17.8 Å². The monoisotopic (exact) mass is 408 g/mol. The summed E-state index contributed by atoms with van der Waals surface area (Å²) in [6.45, 7) is 3.09. The topological polar surface area (TPSA) is 48.8 Å². The van der Waals surface area contributed by atoms with Crippen LogP contribution in [0.1, 0.15) is 32.6 Å². The molecule has 0 bridgehead atoms. The molecule has 0 spiro atoms. The molecule has 3 heterocycles. The van der Waals surface area contributed by atoms with E-state index in [4.69, 9.17) is 0 Å². The van der Waals surface area contributed by atoms with Crippen molar-refractivity contribution < 1.29 is 18.0 Å². The number of benzene rings is 1. The molecule has 2 aliphatic rings. The summed E-state index contributed by atoms with van der Waals surface area (Å²) in [4.78, 5) is 19.3. The van der Waals surface area contributed by atoms with Crippen LogP contribution in [0.25, 0.3) is 10.2 Å². The standard InChI is InChI=1S/C19H19F3N4OS/c1-2-13(25-10-6-3-7-11-25)15-16(19(20,21)22)24-26(17(15)27)18-23-12-8-4-5-9-14(12)28-18/h4-5,8-9H,2-3,6-7,10-11H2,1H3/b15-13-. The number of aromatic nitrogens is 1. The van der Waals surface area contributed by atoms with Gasteiger partial charge in [-0.25, -0.2) is 4.98 Å². The van der Waals surface area contributed by atoms with Crippen LogP contribution in [0.5, 0.6) is 0 Å². The molecule has 4 rings (SSSR count). The fraction of sp³-hybridized carbons (Fsp3) is 0.421. The Labute approximate surface area is 164 Å². The number of hydrogen-bond acceptors (Lipinski definition) is 5. The minimum Gasteiger partial charge on any atom is -0.374 e. The molecule has 1 aromatic carbocycles. The van der Waals surface area contributed by atoms with Crippen molar-refractivity contribution in [1.82, 2.24) is 9.88 Å². The van der Waals surface area contributed by atoms with Crippen LogP contribution in [-0.4, -0.2) is 40.8 Å². The van der Waals surface area contributed by atoms with Crippen molar-refractivity contribution in [2.45, 2.75) is 38.8 Å². The van der Waals surface area contributed by atoms with E-state index in [1.165, 1.54) is 0 Å². The summed E-state index contributed by atoms with van der Waals surface area (Å²) in [6, 6.07) is 7.18. The van der Waals surface area contributed by atoms with Crippen molar-refractivity contribution in [3.63, 3.8) is 0 Å². The summed E-state index contributed by atoms with van der Waals surface area (Å²) >= 11 is 1.15. The Kier molecular flexibility index (Phi) is 4.86. The number of hydrazone groups is 1. The van der Waals surface area contributed by atoms with Gasteiger partial charge in [-0.2, -0.15) is 23.3 Å².